The summed E-state index contributed by atoms with van der Waals surface area (Å²) in [6, 6.07) is 10.5. The monoisotopic (exact) mass is 308 g/mol. The molecule has 1 aromatic carbocycles. The zero-order valence-corrected chi connectivity index (χ0v) is 13.4. The predicted octanol–water partition coefficient (Wildman–Crippen LogP) is 3.74. The van der Waals surface area contributed by atoms with Gasteiger partial charge in [0, 0.05) is 11.6 Å². The first-order valence-electron chi connectivity index (χ1n) is 8.17. The van der Waals surface area contributed by atoms with Gasteiger partial charge in [0.2, 0.25) is 0 Å². The van der Waals surface area contributed by atoms with E-state index in [2.05, 4.69) is 58.5 Å². The second-order valence-electron chi connectivity index (χ2n) is 6.62. The average molecular weight is 308 g/mol. The summed E-state index contributed by atoms with van der Waals surface area (Å²) in [4.78, 5) is 4.59. The van der Waals surface area contributed by atoms with Crippen molar-refractivity contribution < 1.29 is 4.52 Å². The number of aryl methyl sites for hydroxylation is 1. The van der Waals surface area contributed by atoms with Crippen LogP contribution in [0, 0.1) is 5.92 Å². The first-order chi connectivity index (χ1) is 11.2. The summed E-state index contributed by atoms with van der Waals surface area (Å²) < 4.78 is 5.45. The first-order valence-corrected chi connectivity index (χ1v) is 8.17. The highest BCUT2D eigenvalue weighted by Gasteiger charge is 2.28. The molecular formula is C18H20N4O. The number of nitrogens with one attached hydrogen (secondary N) is 1. The maximum absolute atomic E-state index is 5.45. The summed E-state index contributed by atoms with van der Waals surface area (Å²) in [5.41, 5.74) is 4.54. The predicted molar refractivity (Wildman–Crippen MR) is 87.0 cm³/mol. The number of aromatic nitrogens is 4. The van der Waals surface area contributed by atoms with Gasteiger partial charge in [0.1, 0.15) is 0 Å². The first kappa shape index (κ1) is 14.2. The van der Waals surface area contributed by atoms with Crippen LogP contribution in [0.4, 0.5) is 0 Å². The molecule has 1 unspecified atom stereocenters. The van der Waals surface area contributed by atoms with Gasteiger partial charge in [0.15, 0.2) is 11.5 Å². The average Bonchev–Trinajstić information content (AvgIpc) is 3.24. The zero-order valence-electron chi connectivity index (χ0n) is 13.4. The van der Waals surface area contributed by atoms with Crippen LogP contribution in [0.2, 0.25) is 0 Å². The Morgan fingerprint density at radius 3 is 3.04 bits per heavy atom. The summed E-state index contributed by atoms with van der Waals surface area (Å²) in [6.45, 7) is 4.37. The molecule has 1 aliphatic carbocycles. The van der Waals surface area contributed by atoms with Crippen molar-refractivity contribution >= 4 is 0 Å². The van der Waals surface area contributed by atoms with E-state index in [4.69, 9.17) is 4.52 Å². The number of hydrogen-bond acceptors (Lipinski definition) is 4. The summed E-state index contributed by atoms with van der Waals surface area (Å²) in [6.07, 6.45) is 3.08. The SMILES string of the molecule is CC(C)Cc1cc(-c2nc(C3CCc4ccccc43)no2)n[nH]1. The molecule has 1 N–H and O–H groups in total. The van der Waals surface area contributed by atoms with E-state index in [1.165, 1.54) is 11.1 Å². The number of fused-ring (bicyclic) bond motifs is 1. The molecule has 2 heterocycles. The molecule has 0 radical (unpaired) electrons. The highest BCUT2D eigenvalue weighted by Crippen LogP contribution is 2.37. The van der Waals surface area contributed by atoms with E-state index in [9.17, 15) is 0 Å². The van der Waals surface area contributed by atoms with Gasteiger partial charge >= 0.3 is 0 Å². The molecule has 0 aliphatic heterocycles. The Balaban J connectivity index is 1.59. The quantitative estimate of drug-likeness (QED) is 0.797. The molecule has 0 saturated carbocycles. The van der Waals surface area contributed by atoms with Crippen molar-refractivity contribution in [3.8, 4) is 11.6 Å². The number of H-pyrrole nitrogens is 1. The summed E-state index contributed by atoms with van der Waals surface area (Å²) >= 11 is 0. The second-order valence-corrected chi connectivity index (χ2v) is 6.62. The molecule has 0 spiro atoms. The van der Waals surface area contributed by atoms with Crippen LogP contribution < -0.4 is 0 Å². The minimum Gasteiger partial charge on any atom is -0.332 e. The molecule has 118 valence electrons. The fourth-order valence-corrected chi connectivity index (χ4v) is 3.32. The van der Waals surface area contributed by atoms with Crippen molar-refractivity contribution in [1.82, 2.24) is 20.3 Å². The summed E-state index contributed by atoms with van der Waals surface area (Å²) in [5.74, 6) is 2.07. The number of hydrogen-bond donors (Lipinski definition) is 1. The van der Waals surface area contributed by atoms with Crippen LogP contribution in [0.1, 0.15) is 48.8 Å². The lowest BCUT2D eigenvalue weighted by Gasteiger charge is -2.05. The Hall–Kier alpha value is -2.43. The van der Waals surface area contributed by atoms with Gasteiger partial charge in [-0.1, -0.05) is 43.3 Å². The maximum atomic E-state index is 5.45. The molecule has 4 rings (SSSR count). The van der Waals surface area contributed by atoms with Gasteiger partial charge in [-0.15, -0.1) is 0 Å². The Morgan fingerprint density at radius 1 is 1.30 bits per heavy atom. The van der Waals surface area contributed by atoms with E-state index in [0.717, 1.165) is 36.5 Å². The summed E-state index contributed by atoms with van der Waals surface area (Å²) in [5, 5.41) is 11.6. The zero-order chi connectivity index (χ0) is 15.8. The number of aromatic amines is 1. The number of benzene rings is 1. The lowest BCUT2D eigenvalue weighted by Crippen LogP contribution is -1.98. The van der Waals surface area contributed by atoms with Crippen molar-refractivity contribution in [3.05, 3.63) is 53.0 Å². The third-order valence-corrected chi connectivity index (χ3v) is 4.36. The van der Waals surface area contributed by atoms with Gasteiger partial charge in [-0.05, 0) is 42.4 Å². The fraction of sp³-hybridized carbons (Fsp3) is 0.389. The largest absolute Gasteiger partial charge is 0.332 e. The van der Waals surface area contributed by atoms with Gasteiger partial charge in [0.25, 0.3) is 5.89 Å². The lowest BCUT2D eigenvalue weighted by molar-refractivity contribution is 0.417. The van der Waals surface area contributed by atoms with Gasteiger partial charge in [-0.3, -0.25) is 5.10 Å². The van der Waals surface area contributed by atoms with Gasteiger partial charge in [-0.25, -0.2) is 0 Å². The molecule has 2 aromatic heterocycles. The van der Waals surface area contributed by atoms with Crippen molar-refractivity contribution in [1.29, 1.82) is 0 Å². The molecule has 5 nitrogen and oxygen atoms in total. The summed E-state index contributed by atoms with van der Waals surface area (Å²) in [7, 11) is 0. The number of rotatable bonds is 4. The molecule has 23 heavy (non-hydrogen) atoms. The molecule has 3 aromatic rings. The highest BCUT2D eigenvalue weighted by molar-refractivity contribution is 5.47. The topological polar surface area (TPSA) is 67.6 Å². The molecule has 0 fully saturated rings. The minimum atomic E-state index is 0.234. The minimum absolute atomic E-state index is 0.234. The van der Waals surface area contributed by atoms with Crippen molar-refractivity contribution in [3.63, 3.8) is 0 Å². The molecule has 1 atom stereocenters. The van der Waals surface area contributed by atoms with E-state index in [-0.39, 0.29) is 5.92 Å². The third kappa shape index (κ3) is 2.67. The van der Waals surface area contributed by atoms with Crippen molar-refractivity contribution in [2.24, 2.45) is 5.92 Å². The second kappa shape index (κ2) is 5.65. The Kier molecular flexibility index (Phi) is 3.48. The van der Waals surface area contributed by atoms with E-state index < -0.39 is 0 Å². The molecule has 0 amide bonds. The van der Waals surface area contributed by atoms with Crippen molar-refractivity contribution in [2.75, 3.05) is 0 Å². The molecule has 0 bridgehead atoms. The normalized spacial score (nSPS) is 16.9. The van der Waals surface area contributed by atoms with Crippen LogP contribution in [-0.4, -0.2) is 20.3 Å². The van der Waals surface area contributed by atoms with E-state index in [1.54, 1.807) is 0 Å². The van der Waals surface area contributed by atoms with Crippen LogP contribution in [0.3, 0.4) is 0 Å². The molecular weight excluding hydrogens is 288 g/mol. The molecule has 0 saturated heterocycles. The third-order valence-electron chi connectivity index (χ3n) is 4.36. The fourth-order valence-electron chi connectivity index (χ4n) is 3.32. The van der Waals surface area contributed by atoms with E-state index in [1.807, 2.05) is 6.07 Å². The van der Waals surface area contributed by atoms with Crippen LogP contribution in [0.5, 0.6) is 0 Å². The Morgan fingerprint density at radius 2 is 2.17 bits per heavy atom. The highest BCUT2D eigenvalue weighted by atomic mass is 16.5. The van der Waals surface area contributed by atoms with Gasteiger partial charge in [0.05, 0.1) is 0 Å². The van der Waals surface area contributed by atoms with Crippen molar-refractivity contribution in [2.45, 2.75) is 39.0 Å². The van der Waals surface area contributed by atoms with Crippen LogP contribution >= 0.6 is 0 Å². The number of nitrogens with zero attached hydrogens (tertiary/aromatic N) is 3. The standard InChI is InChI=1S/C18H20N4O/c1-11(2)9-13-10-16(21-20-13)18-19-17(22-23-18)15-8-7-12-5-3-4-6-14(12)15/h3-6,10-11,15H,7-9H2,1-2H3,(H,20,21). The van der Waals surface area contributed by atoms with Gasteiger partial charge in [-0.2, -0.15) is 10.1 Å². The van der Waals surface area contributed by atoms with E-state index >= 15 is 0 Å². The Bertz CT molecular complexity index is 818. The Labute approximate surface area is 135 Å². The van der Waals surface area contributed by atoms with E-state index in [0.29, 0.717) is 11.8 Å². The molecule has 1 aliphatic rings. The molecule has 5 heteroatoms. The maximum Gasteiger partial charge on any atom is 0.278 e. The smallest absolute Gasteiger partial charge is 0.278 e. The lowest BCUT2D eigenvalue weighted by atomic mass is 10.0. The van der Waals surface area contributed by atoms with Crippen LogP contribution in [0.25, 0.3) is 11.6 Å². The van der Waals surface area contributed by atoms with Crippen LogP contribution in [-0.2, 0) is 12.8 Å². The van der Waals surface area contributed by atoms with Crippen LogP contribution in [0.15, 0.2) is 34.9 Å². The van der Waals surface area contributed by atoms with Gasteiger partial charge < -0.3 is 4.52 Å².